The topological polar surface area (TPSA) is 81.4 Å². The predicted octanol–water partition coefficient (Wildman–Crippen LogP) is 1.15. The quantitative estimate of drug-likeness (QED) is 0.804. The zero-order valence-electron chi connectivity index (χ0n) is 9.90. The number of anilines is 1. The molecule has 3 N–H and O–H groups in total. The monoisotopic (exact) mass is 236 g/mol. The van der Waals surface area contributed by atoms with E-state index in [9.17, 15) is 9.59 Å². The van der Waals surface area contributed by atoms with E-state index in [2.05, 4.69) is 5.32 Å². The number of methoxy groups -OCH3 is 1. The van der Waals surface area contributed by atoms with Crippen LogP contribution in [0.25, 0.3) is 0 Å². The summed E-state index contributed by atoms with van der Waals surface area (Å²) < 4.78 is 5.04. The molecule has 0 aliphatic heterocycles. The lowest BCUT2D eigenvalue weighted by Gasteiger charge is -2.11. The van der Waals surface area contributed by atoms with Gasteiger partial charge in [-0.1, -0.05) is 13.0 Å². The Hall–Kier alpha value is -2.04. The Morgan fingerprint density at radius 2 is 2.18 bits per heavy atom. The molecule has 92 valence electrons. The molecule has 0 bridgehead atoms. The molecule has 0 fully saturated rings. The van der Waals surface area contributed by atoms with E-state index >= 15 is 0 Å². The zero-order chi connectivity index (χ0) is 12.8. The van der Waals surface area contributed by atoms with Gasteiger partial charge in [0.1, 0.15) is 5.75 Å². The molecule has 1 aromatic carbocycles. The van der Waals surface area contributed by atoms with E-state index in [1.807, 2.05) is 0 Å². The van der Waals surface area contributed by atoms with Gasteiger partial charge >= 0.3 is 0 Å². The maximum atomic E-state index is 11.7. The van der Waals surface area contributed by atoms with Crippen LogP contribution in [0.15, 0.2) is 24.3 Å². The molecule has 5 nitrogen and oxygen atoms in total. The van der Waals surface area contributed by atoms with Crippen molar-refractivity contribution in [2.24, 2.45) is 11.7 Å². The third kappa shape index (κ3) is 4.14. The number of benzene rings is 1. The molecule has 1 atom stereocenters. The fourth-order valence-corrected chi connectivity index (χ4v) is 1.36. The van der Waals surface area contributed by atoms with Gasteiger partial charge in [-0.3, -0.25) is 9.59 Å². The van der Waals surface area contributed by atoms with Crippen LogP contribution in [0, 0.1) is 5.92 Å². The number of ether oxygens (including phenoxy) is 1. The molecule has 0 spiro atoms. The molecule has 2 amide bonds. The lowest BCUT2D eigenvalue weighted by molar-refractivity contribution is -0.125. The van der Waals surface area contributed by atoms with Gasteiger partial charge in [-0.2, -0.15) is 0 Å². The summed E-state index contributed by atoms with van der Waals surface area (Å²) in [6.45, 7) is 1.65. The normalized spacial score (nSPS) is 11.6. The second kappa shape index (κ2) is 5.89. The highest BCUT2D eigenvalue weighted by Crippen LogP contribution is 2.17. The Morgan fingerprint density at radius 3 is 2.76 bits per heavy atom. The maximum Gasteiger partial charge on any atom is 0.227 e. The van der Waals surface area contributed by atoms with Gasteiger partial charge in [0, 0.05) is 24.1 Å². The molecule has 0 heterocycles. The zero-order valence-corrected chi connectivity index (χ0v) is 9.90. The van der Waals surface area contributed by atoms with Crippen LogP contribution in [0.2, 0.25) is 0 Å². The molecule has 5 heteroatoms. The van der Waals surface area contributed by atoms with Crippen LogP contribution in [-0.4, -0.2) is 18.9 Å². The molecule has 1 aromatic rings. The Kier molecular flexibility index (Phi) is 4.51. The number of rotatable bonds is 5. The third-order valence-corrected chi connectivity index (χ3v) is 2.29. The van der Waals surface area contributed by atoms with E-state index in [-0.39, 0.29) is 12.3 Å². The summed E-state index contributed by atoms with van der Waals surface area (Å²) in [5.74, 6) is -0.514. The Bertz CT molecular complexity index is 418. The first-order valence-corrected chi connectivity index (χ1v) is 5.26. The minimum absolute atomic E-state index is 0.0375. The van der Waals surface area contributed by atoms with Gasteiger partial charge in [0.25, 0.3) is 0 Å². The van der Waals surface area contributed by atoms with Crippen molar-refractivity contribution in [1.29, 1.82) is 0 Å². The van der Waals surface area contributed by atoms with Crippen molar-refractivity contribution >= 4 is 17.5 Å². The van der Waals surface area contributed by atoms with E-state index in [1.54, 1.807) is 38.3 Å². The van der Waals surface area contributed by atoms with E-state index in [0.717, 1.165) is 0 Å². The van der Waals surface area contributed by atoms with Crippen LogP contribution in [-0.2, 0) is 9.59 Å². The number of hydrogen-bond donors (Lipinski definition) is 2. The number of amides is 2. The van der Waals surface area contributed by atoms with E-state index in [4.69, 9.17) is 10.5 Å². The van der Waals surface area contributed by atoms with Gasteiger partial charge in [0.05, 0.1) is 7.11 Å². The number of primary amides is 1. The fraction of sp³-hybridized carbons (Fsp3) is 0.333. The third-order valence-electron chi connectivity index (χ3n) is 2.29. The van der Waals surface area contributed by atoms with Crippen molar-refractivity contribution < 1.29 is 14.3 Å². The van der Waals surface area contributed by atoms with Gasteiger partial charge in [-0.05, 0) is 12.1 Å². The summed E-state index contributed by atoms with van der Waals surface area (Å²) in [5, 5.41) is 2.70. The summed E-state index contributed by atoms with van der Waals surface area (Å²) in [6, 6.07) is 7.00. The summed E-state index contributed by atoms with van der Waals surface area (Å²) in [7, 11) is 1.55. The Morgan fingerprint density at radius 1 is 1.47 bits per heavy atom. The molecule has 0 aliphatic carbocycles. The SMILES string of the molecule is COc1cccc(NC(=O)C(C)CC(N)=O)c1. The van der Waals surface area contributed by atoms with Crippen LogP contribution < -0.4 is 15.8 Å². The summed E-state index contributed by atoms with van der Waals surface area (Å²) in [4.78, 5) is 22.4. The van der Waals surface area contributed by atoms with E-state index < -0.39 is 11.8 Å². The summed E-state index contributed by atoms with van der Waals surface area (Å²) >= 11 is 0. The molecule has 0 aliphatic rings. The lowest BCUT2D eigenvalue weighted by Crippen LogP contribution is -2.25. The number of nitrogens with two attached hydrogens (primary N) is 1. The van der Waals surface area contributed by atoms with Crippen LogP contribution in [0.5, 0.6) is 5.75 Å². The van der Waals surface area contributed by atoms with E-state index in [1.165, 1.54) is 0 Å². The lowest BCUT2D eigenvalue weighted by atomic mass is 10.1. The molecular weight excluding hydrogens is 220 g/mol. The van der Waals surface area contributed by atoms with Gasteiger partial charge in [-0.25, -0.2) is 0 Å². The van der Waals surface area contributed by atoms with Crippen molar-refractivity contribution in [1.82, 2.24) is 0 Å². The van der Waals surface area contributed by atoms with Gasteiger partial charge in [0.2, 0.25) is 11.8 Å². The van der Waals surface area contributed by atoms with E-state index in [0.29, 0.717) is 11.4 Å². The van der Waals surface area contributed by atoms with Crippen molar-refractivity contribution in [2.45, 2.75) is 13.3 Å². The maximum absolute atomic E-state index is 11.7. The Labute approximate surface area is 99.9 Å². The standard InChI is InChI=1S/C12H16N2O3/c1-8(6-11(13)15)12(16)14-9-4-3-5-10(7-9)17-2/h3-5,7-8H,6H2,1-2H3,(H2,13,15)(H,14,16). The predicted molar refractivity (Wildman–Crippen MR) is 64.6 cm³/mol. The molecule has 1 rings (SSSR count). The molecule has 0 saturated heterocycles. The van der Waals surface area contributed by atoms with Crippen molar-refractivity contribution in [3.8, 4) is 5.75 Å². The van der Waals surface area contributed by atoms with Gasteiger partial charge in [0.15, 0.2) is 0 Å². The first-order chi connectivity index (χ1) is 8.02. The van der Waals surface area contributed by atoms with Crippen molar-refractivity contribution in [3.63, 3.8) is 0 Å². The van der Waals surface area contributed by atoms with Crippen LogP contribution in [0.4, 0.5) is 5.69 Å². The largest absolute Gasteiger partial charge is 0.497 e. The van der Waals surface area contributed by atoms with Crippen LogP contribution >= 0.6 is 0 Å². The summed E-state index contributed by atoms with van der Waals surface area (Å²) in [5.41, 5.74) is 5.66. The number of nitrogens with one attached hydrogen (secondary N) is 1. The van der Waals surface area contributed by atoms with Crippen LogP contribution in [0.3, 0.4) is 0 Å². The number of hydrogen-bond acceptors (Lipinski definition) is 3. The van der Waals surface area contributed by atoms with Crippen LogP contribution in [0.1, 0.15) is 13.3 Å². The number of carbonyl (C=O) groups excluding carboxylic acids is 2. The highest BCUT2D eigenvalue weighted by atomic mass is 16.5. The molecular formula is C12H16N2O3. The second-order valence-corrected chi connectivity index (χ2v) is 3.79. The molecule has 0 radical (unpaired) electrons. The fourth-order valence-electron chi connectivity index (χ4n) is 1.36. The summed E-state index contributed by atoms with van der Waals surface area (Å²) in [6.07, 6.45) is 0.0375. The highest BCUT2D eigenvalue weighted by Gasteiger charge is 2.15. The molecule has 17 heavy (non-hydrogen) atoms. The van der Waals surface area contributed by atoms with Crippen molar-refractivity contribution in [2.75, 3.05) is 12.4 Å². The highest BCUT2D eigenvalue weighted by molar-refractivity contribution is 5.94. The first-order valence-electron chi connectivity index (χ1n) is 5.26. The number of carbonyl (C=O) groups is 2. The minimum atomic E-state index is -0.488. The first kappa shape index (κ1) is 13.0. The second-order valence-electron chi connectivity index (χ2n) is 3.79. The average molecular weight is 236 g/mol. The molecule has 0 aromatic heterocycles. The van der Waals surface area contributed by atoms with Gasteiger partial charge < -0.3 is 15.8 Å². The smallest absolute Gasteiger partial charge is 0.227 e. The Balaban J connectivity index is 2.64. The van der Waals surface area contributed by atoms with Gasteiger partial charge in [-0.15, -0.1) is 0 Å². The molecule has 0 saturated carbocycles. The van der Waals surface area contributed by atoms with Crippen molar-refractivity contribution in [3.05, 3.63) is 24.3 Å². The average Bonchev–Trinajstić information content (AvgIpc) is 2.28. The molecule has 1 unspecified atom stereocenters. The minimum Gasteiger partial charge on any atom is -0.497 e.